The third-order valence-corrected chi connectivity index (χ3v) is 5.36. The van der Waals surface area contributed by atoms with Gasteiger partial charge in [-0.25, -0.2) is 9.59 Å². The summed E-state index contributed by atoms with van der Waals surface area (Å²) in [5.41, 5.74) is -3.44. The summed E-state index contributed by atoms with van der Waals surface area (Å²) in [4.78, 5) is 46.5. The molecule has 11 nitrogen and oxygen atoms in total. The van der Waals surface area contributed by atoms with E-state index in [4.69, 9.17) is 4.74 Å². The third kappa shape index (κ3) is 4.87. The zero-order chi connectivity index (χ0) is 24.4. The molecule has 15 heteroatoms. The van der Waals surface area contributed by atoms with Crippen LogP contribution in [0.15, 0.2) is 0 Å². The lowest BCUT2D eigenvalue weighted by Crippen LogP contribution is -2.21. The number of rotatable bonds is 7. The summed E-state index contributed by atoms with van der Waals surface area (Å²) in [5, 5.41) is 16.4. The summed E-state index contributed by atoms with van der Waals surface area (Å²) in [5.74, 6) is -2.55. The van der Waals surface area contributed by atoms with Gasteiger partial charge in [0.05, 0.1) is 24.2 Å². The predicted molar refractivity (Wildman–Crippen MR) is 104 cm³/mol. The lowest BCUT2D eigenvalue weighted by molar-refractivity contribution is -0.388. The monoisotopic (exact) mass is 478 g/mol. The molecule has 0 saturated heterocycles. The minimum atomic E-state index is -5.10. The van der Waals surface area contributed by atoms with Crippen molar-refractivity contribution in [1.29, 1.82) is 0 Å². The van der Waals surface area contributed by atoms with Crippen LogP contribution in [0.3, 0.4) is 0 Å². The third-order valence-electron chi connectivity index (χ3n) is 4.17. The Kier molecular flexibility index (Phi) is 7.23. The van der Waals surface area contributed by atoms with Gasteiger partial charge in [0.2, 0.25) is 11.6 Å². The molecule has 0 radical (unpaired) electrons. The molecule has 0 bridgehead atoms. The van der Waals surface area contributed by atoms with Gasteiger partial charge in [0.15, 0.2) is 0 Å². The molecule has 0 saturated carbocycles. The molecule has 1 N–H and O–H groups in total. The number of methoxy groups -OCH3 is 1. The summed E-state index contributed by atoms with van der Waals surface area (Å²) in [6.45, 7) is 3.26. The van der Waals surface area contributed by atoms with Gasteiger partial charge >= 0.3 is 23.8 Å². The first-order chi connectivity index (χ1) is 14.8. The van der Waals surface area contributed by atoms with Gasteiger partial charge in [0, 0.05) is 0 Å². The number of carbonyl (C=O) groups is 3. The maximum absolute atomic E-state index is 13.1. The number of thiophene rings is 1. The zero-order valence-corrected chi connectivity index (χ0v) is 18.0. The van der Waals surface area contributed by atoms with E-state index in [9.17, 15) is 37.7 Å². The number of alkyl halides is 3. The molecule has 174 valence electrons. The lowest BCUT2D eigenvalue weighted by atomic mass is 10.1. The van der Waals surface area contributed by atoms with Crippen molar-refractivity contribution in [2.24, 2.45) is 0 Å². The molecule has 0 fully saturated rings. The van der Waals surface area contributed by atoms with Crippen LogP contribution in [-0.4, -0.2) is 46.3 Å². The molecule has 0 aliphatic carbocycles. The second-order valence-corrected chi connectivity index (χ2v) is 7.24. The van der Waals surface area contributed by atoms with Gasteiger partial charge in [-0.1, -0.05) is 0 Å². The number of anilines is 1. The van der Waals surface area contributed by atoms with E-state index in [2.05, 4.69) is 15.2 Å². The van der Waals surface area contributed by atoms with E-state index < -0.39 is 52.6 Å². The number of halogens is 3. The maximum atomic E-state index is 13.1. The van der Waals surface area contributed by atoms with Crippen LogP contribution in [0.1, 0.15) is 43.9 Å². The molecule has 0 aromatic carbocycles. The molecule has 0 atom stereocenters. The van der Waals surface area contributed by atoms with E-state index in [0.717, 1.165) is 14.0 Å². The fourth-order valence-electron chi connectivity index (χ4n) is 2.74. The highest BCUT2D eigenvalue weighted by Crippen LogP contribution is 2.37. The summed E-state index contributed by atoms with van der Waals surface area (Å²) in [6.07, 6.45) is -5.10. The van der Waals surface area contributed by atoms with Crippen molar-refractivity contribution < 1.29 is 42.0 Å². The fraction of sp³-hybridized carbons (Fsp3) is 0.412. The van der Waals surface area contributed by atoms with Crippen LogP contribution in [0.25, 0.3) is 0 Å². The number of ether oxygens (including phenoxy) is 2. The Bertz CT molecular complexity index is 1090. The fourth-order valence-corrected chi connectivity index (χ4v) is 3.85. The molecule has 1 amide bonds. The largest absolute Gasteiger partial charge is 0.465 e. The Morgan fingerprint density at radius 3 is 2.34 bits per heavy atom. The molecule has 0 spiro atoms. The average molecular weight is 478 g/mol. The number of nitrogens with one attached hydrogen (secondary N) is 1. The van der Waals surface area contributed by atoms with Crippen LogP contribution >= 0.6 is 11.3 Å². The highest BCUT2D eigenvalue weighted by Gasteiger charge is 2.44. The second kappa shape index (κ2) is 9.33. The van der Waals surface area contributed by atoms with Gasteiger partial charge in [-0.3, -0.25) is 19.6 Å². The van der Waals surface area contributed by atoms with Crippen LogP contribution in [0.2, 0.25) is 0 Å². The van der Waals surface area contributed by atoms with Gasteiger partial charge in [0.1, 0.15) is 22.1 Å². The van der Waals surface area contributed by atoms with Gasteiger partial charge < -0.3 is 14.8 Å². The molecule has 2 rings (SSSR count). The smallest absolute Gasteiger partial charge is 0.442 e. The molecule has 0 unspecified atom stereocenters. The van der Waals surface area contributed by atoms with E-state index >= 15 is 0 Å². The zero-order valence-electron chi connectivity index (χ0n) is 17.2. The molecule has 2 aromatic heterocycles. The van der Waals surface area contributed by atoms with Gasteiger partial charge in [0.25, 0.3) is 0 Å². The van der Waals surface area contributed by atoms with Crippen molar-refractivity contribution in [2.45, 2.75) is 33.5 Å². The molecule has 2 heterocycles. The second-order valence-electron chi connectivity index (χ2n) is 6.22. The van der Waals surface area contributed by atoms with Gasteiger partial charge in [-0.05, 0) is 26.3 Å². The number of amides is 1. The van der Waals surface area contributed by atoms with Gasteiger partial charge in [-0.2, -0.15) is 18.3 Å². The Balaban J connectivity index is 2.40. The Morgan fingerprint density at radius 1 is 1.25 bits per heavy atom. The Hall–Kier alpha value is -3.49. The highest BCUT2D eigenvalue weighted by molar-refractivity contribution is 7.18. The van der Waals surface area contributed by atoms with Crippen molar-refractivity contribution in [3.8, 4) is 0 Å². The molecule has 0 aliphatic heterocycles. The van der Waals surface area contributed by atoms with Crippen LogP contribution in [0.5, 0.6) is 0 Å². The van der Waals surface area contributed by atoms with Gasteiger partial charge in [-0.15, -0.1) is 11.3 Å². The number of hydrogen-bond acceptors (Lipinski definition) is 9. The standard InChI is InChI=1S/C17H17F3N4O7S/c1-5-31-16(27)12-7(2)10(15(26)30-4)14(32-12)21-9(25)6-23-8(3)11(24(28)29)13(22-23)17(18,19)20/h5-6H2,1-4H3,(H,21,25). The molecule has 32 heavy (non-hydrogen) atoms. The Morgan fingerprint density at radius 2 is 1.88 bits per heavy atom. The minimum absolute atomic E-state index is 0.0211. The SMILES string of the molecule is CCOC(=O)c1sc(NC(=O)Cn2nc(C(F)(F)F)c([N+](=O)[O-])c2C)c(C(=O)OC)c1C. The van der Waals surface area contributed by atoms with E-state index in [1.54, 1.807) is 6.92 Å². The first-order valence-electron chi connectivity index (χ1n) is 8.81. The molecule has 0 aliphatic rings. The predicted octanol–water partition coefficient (Wildman–Crippen LogP) is 3.09. The summed E-state index contributed by atoms with van der Waals surface area (Å²) in [6, 6.07) is 0. The van der Waals surface area contributed by atoms with Crippen LogP contribution in [0.4, 0.5) is 23.9 Å². The van der Waals surface area contributed by atoms with E-state index in [-0.39, 0.29) is 27.6 Å². The highest BCUT2D eigenvalue weighted by atomic mass is 32.1. The van der Waals surface area contributed by atoms with E-state index in [0.29, 0.717) is 16.0 Å². The van der Waals surface area contributed by atoms with Crippen LogP contribution in [0, 0.1) is 24.0 Å². The van der Waals surface area contributed by atoms with Crippen molar-refractivity contribution in [3.05, 3.63) is 37.5 Å². The average Bonchev–Trinajstić information content (AvgIpc) is 3.18. The molecule has 2 aromatic rings. The normalized spacial score (nSPS) is 11.2. The summed E-state index contributed by atoms with van der Waals surface area (Å²) in [7, 11) is 1.08. The van der Waals surface area contributed by atoms with Crippen molar-refractivity contribution in [3.63, 3.8) is 0 Å². The molecular weight excluding hydrogens is 461 g/mol. The maximum Gasteiger partial charge on any atom is 0.442 e. The number of nitrogens with zero attached hydrogens (tertiary/aromatic N) is 3. The summed E-state index contributed by atoms with van der Waals surface area (Å²) >= 11 is 0.713. The summed E-state index contributed by atoms with van der Waals surface area (Å²) < 4.78 is 49.3. The molecular formula is C17H17F3N4O7S. The first-order valence-corrected chi connectivity index (χ1v) is 9.62. The van der Waals surface area contributed by atoms with E-state index in [1.807, 2.05) is 0 Å². The minimum Gasteiger partial charge on any atom is -0.465 e. The Labute approximate surface area is 182 Å². The lowest BCUT2D eigenvalue weighted by Gasteiger charge is -2.07. The van der Waals surface area contributed by atoms with Crippen LogP contribution in [-0.2, 0) is 27.0 Å². The topological polar surface area (TPSA) is 143 Å². The van der Waals surface area contributed by atoms with Crippen molar-refractivity contribution >= 4 is 39.9 Å². The number of carbonyl (C=O) groups excluding carboxylic acids is 3. The number of nitro groups is 1. The number of hydrogen-bond donors (Lipinski definition) is 1. The van der Waals surface area contributed by atoms with Crippen molar-refractivity contribution in [2.75, 3.05) is 19.0 Å². The van der Waals surface area contributed by atoms with Crippen LogP contribution < -0.4 is 5.32 Å². The quantitative estimate of drug-likeness (QED) is 0.363. The van der Waals surface area contributed by atoms with E-state index in [1.165, 1.54) is 6.92 Å². The number of esters is 2. The first kappa shape index (κ1) is 24.8. The van der Waals surface area contributed by atoms with Crippen molar-refractivity contribution in [1.82, 2.24) is 9.78 Å². The number of aromatic nitrogens is 2.